The monoisotopic (exact) mass is 422 g/mol. The fourth-order valence-electron chi connectivity index (χ4n) is 5.20. The van der Waals surface area contributed by atoms with Crippen LogP contribution >= 0.6 is 0 Å². The van der Waals surface area contributed by atoms with Gasteiger partial charge >= 0.3 is 0 Å². The van der Waals surface area contributed by atoms with Gasteiger partial charge in [-0.3, -0.25) is 9.89 Å². The highest BCUT2D eigenvalue weighted by Gasteiger charge is 2.36. The van der Waals surface area contributed by atoms with Gasteiger partial charge in [0.15, 0.2) is 11.6 Å². The number of carbonyl (C=O) groups is 1. The van der Waals surface area contributed by atoms with Gasteiger partial charge in [0.05, 0.1) is 39.6 Å². The minimum atomic E-state index is -0.206. The number of aliphatic hydroxyl groups is 1. The molecule has 31 heavy (non-hydrogen) atoms. The third-order valence-electron chi connectivity index (χ3n) is 6.70. The van der Waals surface area contributed by atoms with Gasteiger partial charge in [0.1, 0.15) is 0 Å². The van der Waals surface area contributed by atoms with Gasteiger partial charge in [-0.15, -0.1) is 0 Å². The van der Waals surface area contributed by atoms with Crippen LogP contribution < -0.4 is 11.1 Å². The zero-order valence-corrected chi connectivity index (χ0v) is 18.3. The number of benzene rings is 1. The van der Waals surface area contributed by atoms with Crippen molar-refractivity contribution in [2.45, 2.75) is 71.4 Å². The lowest BCUT2D eigenvalue weighted by Gasteiger charge is -2.29. The average Bonchev–Trinajstić information content (AvgIpc) is 3.23. The molecule has 5 N–H and O–H groups in total. The smallest absolute Gasteiger partial charge is 0.167 e. The molecule has 0 aliphatic heterocycles. The van der Waals surface area contributed by atoms with E-state index in [4.69, 9.17) is 10.8 Å². The third-order valence-corrected chi connectivity index (χ3v) is 6.70. The van der Waals surface area contributed by atoms with Crippen molar-refractivity contribution in [2.24, 2.45) is 5.41 Å². The Labute approximate surface area is 181 Å². The number of nitrogens with zero attached hydrogens (tertiary/aromatic N) is 3. The molecule has 0 unspecified atom stereocenters. The Morgan fingerprint density at radius 3 is 2.71 bits per heavy atom. The molecule has 0 radical (unpaired) electrons. The number of aromatic amines is 1. The van der Waals surface area contributed by atoms with Crippen molar-refractivity contribution < 1.29 is 9.90 Å². The van der Waals surface area contributed by atoms with Crippen LogP contribution in [0.15, 0.2) is 12.1 Å². The van der Waals surface area contributed by atoms with E-state index in [1.54, 1.807) is 0 Å². The van der Waals surface area contributed by atoms with Crippen LogP contribution in [0.3, 0.4) is 0 Å². The van der Waals surface area contributed by atoms with Crippen LogP contribution in [0.1, 0.15) is 67.7 Å². The minimum absolute atomic E-state index is 0.0964. The Morgan fingerprint density at radius 1 is 1.23 bits per heavy atom. The molecule has 2 heterocycles. The number of hydrogen-bond acceptors (Lipinski definition) is 6. The number of fused-ring (bicyclic) bond motifs is 2. The largest absolute Gasteiger partial charge is 0.393 e. The molecule has 2 aromatic heterocycles. The number of nitrogens with two attached hydrogens (primary N) is 1. The predicted octanol–water partition coefficient (Wildman–Crippen LogP) is 3.51. The number of aryl methyl sites for hydroxylation is 1. The van der Waals surface area contributed by atoms with Crippen LogP contribution in [-0.4, -0.2) is 43.0 Å². The summed E-state index contributed by atoms with van der Waals surface area (Å²) < 4.78 is 1.91. The number of aliphatic hydroxyl groups excluding tert-OH is 1. The second-order valence-corrected chi connectivity index (χ2v) is 9.93. The van der Waals surface area contributed by atoms with E-state index in [1.807, 2.05) is 17.7 Å². The van der Waals surface area contributed by atoms with E-state index in [0.29, 0.717) is 12.2 Å². The summed E-state index contributed by atoms with van der Waals surface area (Å²) in [5.41, 5.74) is 11.2. The summed E-state index contributed by atoms with van der Waals surface area (Å²) in [7, 11) is 0. The molecule has 0 amide bonds. The van der Waals surface area contributed by atoms with Gasteiger partial charge in [0.2, 0.25) is 0 Å². The highest BCUT2D eigenvalue weighted by Crippen LogP contribution is 2.38. The number of nitrogen functional groups attached to an aromatic ring is 1. The van der Waals surface area contributed by atoms with Gasteiger partial charge in [0.25, 0.3) is 0 Å². The summed E-state index contributed by atoms with van der Waals surface area (Å²) in [4.78, 5) is 12.8. The molecular formula is C23H30N6O2. The van der Waals surface area contributed by atoms with Gasteiger partial charge in [-0.1, -0.05) is 13.8 Å². The standard InChI is InChI=1S/C23H30N6O2/c1-12-20-18(10-23(2,3)11-19(20)31)29(28-12)14-8-16(21-17(9-14)26-27-22(21)24)25-13-4-6-15(30)7-5-13/h8-9,13,15,25,30H,4-7,10-11H2,1-3H3,(H3,24,26,27). The van der Waals surface area contributed by atoms with E-state index in [9.17, 15) is 9.90 Å². The molecule has 5 rings (SSSR count). The predicted molar refractivity (Wildman–Crippen MR) is 121 cm³/mol. The molecule has 3 aromatic rings. The molecular weight excluding hydrogens is 392 g/mol. The van der Waals surface area contributed by atoms with Crippen molar-refractivity contribution in [1.82, 2.24) is 20.0 Å². The SMILES string of the molecule is Cc1nn(-c2cc(NC3CCC(O)CC3)c3c(N)n[nH]c3c2)c2c1C(=O)CC(C)(C)C2. The molecule has 1 saturated carbocycles. The zero-order chi connectivity index (χ0) is 21.9. The number of ketones is 1. The quantitative estimate of drug-likeness (QED) is 0.512. The van der Waals surface area contributed by atoms with Crippen LogP contribution in [0.25, 0.3) is 16.6 Å². The fourth-order valence-corrected chi connectivity index (χ4v) is 5.20. The van der Waals surface area contributed by atoms with Crippen LogP contribution in [0.5, 0.6) is 0 Å². The summed E-state index contributed by atoms with van der Waals surface area (Å²) >= 11 is 0. The molecule has 0 bridgehead atoms. The molecule has 2 aliphatic rings. The van der Waals surface area contributed by atoms with Crippen LogP contribution in [0.2, 0.25) is 0 Å². The van der Waals surface area contributed by atoms with Crippen molar-refractivity contribution >= 4 is 28.2 Å². The van der Waals surface area contributed by atoms with Crippen LogP contribution in [0, 0.1) is 12.3 Å². The van der Waals surface area contributed by atoms with E-state index < -0.39 is 0 Å². The summed E-state index contributed by atoms with van der Waals surface area (Å²) in [5, 5.41) is 26.3. The summed E-state index contributed by atoms with van der Waals surface area (Å²) in [5.74, 6) is 0.621. The van der Waals surface area contributed by atoms with Crippen LogP contribution in [-0.2, 0) is 6.42 Å². The number of H-pyrrole nitrogens is 1. The maximum atomic E-state index is 12.8. The van der Waals surface area contributed by atoms with Gasteiger partial charge in [-0.25, -0.2) is 4.68 Å². The third kappa shape index (κ3) is 3.48. The van der Waals surface area contributed by atoms with E-state index in [-0.39, 0.29) is 23.3 Å². The molecule has 0 spiro atoms. The van der Waals surface area contributed by atoms with Gasteiger partial charge in [-0.05, 0) is 56.6 Å². The molecule has 1 aromatic carbocycles. The van der Waals surface area contributed by atoms with Crippen LogP contribution in [0.4, 0.5) is 11.5 Å². The molecule has 0 saturated heterocycles. The van der Waals surface area contributed by atoms with E-state index in [1.165, 1.54) is 0 Å². The zero-order valence-electron chi connectivity index (χ0n) is 18.3. The summed E-state index contributed by atoms with van der Waals surface area (Å²) in [6, 6.07) is 4.32. The van der Waals surface area contributed by atoms with E-state index in [0.717, 1.165) is 71.3 Å². The van der Waals surface area contributed by atoms with Crippen molar-refractivity contribution in [3.63, 3.8) is 0 Å². The van der Waals surface area contributed by atoms with Crippen molar-refractivity contribution in [3.05, 3.63) is 29.1 Å². The Balaban J connectivity index is 1.61. The molecule has 8 nitrogen and oxygen atoms in total. The van der Waals surface area contributed by atoms with Gasteiger partial charge in [-0.2, -0.15) is 10.2 Å². The first-order valence-electron chi connectivity index (χ1n) is 11.1. The van der Waals surface area contributed by atoms with E-state index >= 15 is 0 Å². The number of rotatable bonds is 3. The van der Waals surface area contributed by atoms with Crippen molar-refractivity contribution in [1.29, 1.82) is 0 Å². The topological polar surface area (TPSA) is 122 Å². The Bertz CT molecular complexity index is 1170. The number of hydrogen-bond donors (Lipinski definition) is 4. The Morgan fingerprint density at radius 2 is 1.97 bits per heavy atom. The first kappa shape index (κ1) is 20.1. The Kier molecular flexibility index (Phi) is 4.58. The average molecular weight is 423 g/mol. The molecule has 1 fully saturated rings. The summed E-state index contributed by atoms with van der Waals surface area (Å²) in [6.07, 6.45) is 4.54. The number of carbonyl (C=O) groups excluding carboxylic acids is 1. The molecule has 8 heteroatoms. The molecule has 0 atom stereocenters. The lowest BCUT2D eigenvalue weighted by molar-refractivity contribution is 0.0910. The maximum Gasteiger partial charge on any atom is 0.167 e. The number of Topliss-reactive ketones (excluding diaryl/α,β-unsaturated/α-hetero) is 1. The molecule has 2 aliphatic carbocycles. The normalized spacial score (nSPS) is 23.2. The first-order valence-corrected chi connectivity index (χ1v) is 11.1. The van der Waals surface area contributed by atoms with Crippen molar-refractivity contribution in [3.8, 4) is 5.69 Å². The fraction of sp³-hybridized carbons (Fsp3) is 0.522. The Hall–Kier alpha value is -2.87. The highest BCUT2D eigenvalue weighted by molar-refractivity contribution is 6.02. The summed E-state index contributed by atoms with van der Waals surface area (Å²) in [6.45, 7) is 6.17. The van der Waals surface area contributed by atoms with Gasteiger partial charge in [0, 0.05) is 18.2 Å². The lowest BCUT2D eigenvalue weighted by Crippen LogP contribution is -2.28. The second kappa shape index (κ2) is 7.09. The number of aromatic nitrogens is 4. The number of anilines is 2. The first-order chi connectivity index (χ1) is 14.7. The minimum Gasteiger partial charge on any atom is -0.393 e. The van der Waals surface area contributed by atoms with Crippen molar-refractivity contribution in [2.75, 3.05) is 11.1 Å². The second-order valence-electron chi connectivity index (χ2n) is 9.93. The van der Waals surface area contributed by atoms with Gasteiger partial charge < -0.3 is 16.2 Å². The number of nitrogens with one attached hydrogen (secondary N) is 2. The van der Waals surface area contributed by atoms with E-state index in [2.05, 4.69) is 35.4 Å². The molecule has 164 valence electrons. The lowest BCUT2D eigenvalue weighted by atomic mass is 9.75. The maximum absolute atomic E-state index is 12.8. The highest BCUT2D eigenvalue weighted by atomic mass is 16.3.